The van der Waals surface area contributed by atoms with Gasteiger partial charge in [0.2, 0.25) is 0 Å². The number of nitrogen functional groups attached to an aromatic ring is 1. The third-order valence-corrected chi connectivity index (χ3v) is 3.90. The van der Waals surface area contributed by atoms with Gasteiger partial charge in [-0.05, 0) is 55.5 Å². The molecule has 0 saturated heterocycles. The number of pyridine rings is 1. The molecule has 0 fully saturated rings. The zero-order chi connectivity index (χ0) is 19.5. The Kier molecular flexibility index (Phi) is 7.94. The fourth-order valence-corrected chi connectivity index (χ4v) is 2.54. The van der Waals surface area contributed by atoms with Crippen molar-refractivity contribution in [2.24, 2.45) is 0 Å². The van der Waals surface area contributed by atoms with Gasteiger partial charge < -0.3 is 16.5 Å². The van der Waals surface area contributed by atoms with Gasteiger partial charge >= 0.3 is 0 Å². The van der Waals surface area contributed by atoms with Crippen LogP contribution in [0.5, 0.6) is 0 Å². The molecule has 0 saturated carbocycles. The number of rotatable bonds is 8. The molecule has 0 amide bonds. The zero-order valence-electron chi connectivity index (χ0n) is 15.8. The molecule has 0 bridgehead atoms. The van der Waals surface area contributed by atoms with Crippen LogP contribution in [0.25, 0.3) is 11.6 Å². The minimum Gasteiger partial charge on any atom is -0.398 e. The van der Waals surface area contributed by atoms with E-state index in [0.29, 0.717) is 17.0 Å². The smallest absolute Gasteiger partial charge is 0.0633 e. The lowest BCUT2D eigenvalue weighted by Crippen LogP contribution is -2.10. The maximum Gasteiger partial charge on any atom is 0.0633 e. The first-order chi connectivity index (χ1) is 13.2. The van der Waals surface area contributed by atoms with Gasteiger partial charge in [0.05, 0.1) is 11.4 Å². The van der Waals surface area contributed by atoms with Crippen molar-refractivity contribution in [1.29, 1.82) is 5.41 Å². The second kappa shape index (κ2) is 10.7. The summed E-state index contributed by atoms with van der Waals surface area (Å²) in [6.07, 6.45) is 15.3. The Balaban J connectivity index is 2.22. The maximum atomic E-state index is 8.30. The van der Waals surface area contributed by atoms with Crippen LogP contribution in [0.4, 0.5) is 5.69 Å². The lowest BCUT2D eigenvalue weighted by Gasteiger charge is -2.11. The Labute approximate surface area is 161 Å². The number of aromatic nitrogens is 1. The van der Waals surface area contributed by atoms with E-state index in [9.17, 15) is 0 Å². The lowest BCUT2D eigenvalue weighted by molar-refractivity contribution is 0.931. The summed E-state index contributed by atoms with van der Waals surface area (Å²) >= 11 is 0. The van der Waals surface area contributed by atoms with Gasteiger partial charge in [-0.1, -0.05) is 48.6 Å². The molecule has 0 atom stereocenters. The molecule has 2 aromatic rings. The molecular formula is C23H26N4. The van der Waals surface area contributed by atoms with Crippen LogP contribution in [-0.4, -0.2) is 24.3 Å². The minimum absolute atomic E-state index is 0.358. The van der Waals surface area contributed by atoms with Crippen molar-refractivity contribution in [3.8, 4) is 0 Å². The first kappa shape index (κ1) is 20.1. The van der Waals surface area contributed by atoms with Crippen LogP contribution >= 0.6 is 0 Å². The Morgan fingerprint density at radius 3 is 2.70 bits per heavy atom. The summed E-state index contributed by atoms with van der Waals surface area (Å²) in [7, 11) is 1.92. The lowest BCUT2D eigenvalue weighted by atomic mass is 9.99. The van der Waals surface area contributed by atoms with E-state index in [1.807, 2.05) is 80.7 Å². The van der Waals surface area contributed by atoms with Crippen LogP contribution in [-0.2, 0) is 0 Å². The number of hydrogen-bond donors (Lipinski definition) is 3. The Morgan fingerprint density at radius 2 is 2.04 bits per heavy atom. The molecule has 0 aliphatic rings. The highest BCUT2D eigenvalue weighted by molar-refractivity contribution is 6.11. The zero-order valence-corrected chi connectivity index (χ0v) is 15.8. The molecule has 4 nitrogen and oxygen atoms in total. The molecule has 2 rings (SSSR count). The quantitative estimate of drug-likeness (QED) is 0.370. The van der Waals surface area contributed by atoms with E-state index in [4.69, 9.17) is 11.1 Å². The fourth-order valence-electron chi connectivity index (χ4n) is 2.54. The Hall–Kier alpha value is -3.24. The minimum atomic E-state index is 0.358. The molecule has 0 radical (unpaired) electrons. The topological polar surface area (TPSA) is 74.8 Å². The van der Waals surface area contributed by atoms with Crippen molar-refractivity contribution < 1.29 is 0 Å². The molecule has 1 aromatic carbocycles. The predicted molar refractivity (Wildman–Crippen MR) is 117 cm³/mol. The third kappa shape index (κ3) is 6.20. The molecule has 4 N–H and O–H groups in total. The predicted octanol–water partition coefficient (Wildman–Crippen LogP) is 4.48. The van der Waals surface area contributed by atoms with Crippen LogP contribution in [0, 0.1) is 5.41 Å². The normalized spacial score (nSPS) is 12.4. The van der Waals surface area contributed by atoms with Gasteiger partial charge in [-0.15, -0.1) is 0 Å². The number of hydrogen-bond acceptors (Lipinski definition) is 4. The number of nitrogens with zero attached hydrogens (tertiary/aromatic N) is 1. The summed E-state index contributed by atoms with van der Waals surface area (Å²) in [4.78, 5) is 4.23. The summed E-state index contributed by atoms with van der Waals surface area (Å²) < 4.78 is 0. The highest BCUT2D eigenvalue weighted by Gasteiger charge is 2.07. The van der Waals surface area contributed by atoms with Crippen molar-refractivity contribution in [3.63, 3.8) is 0 Å². The Bertz CT molecular complexity index is 875. The van der Waals surface area contributed by atoms with E-state index < -0.39 is 0 Å². The summed E-state index contributed by atoms with van der Waals surface area (Å²) in [6.45, 7) is 2.72. The van der Waals surface area contributed by atoms with Crippen LogP contribution in [0.15, 0.2) is 79.1 Å². The molecule has 0 aliphatic carbocycles. The highest BCUT2D eigenvalue weighted by Crippen LogP contribution is 2.21. The average molecular weight is 358 g/mol. The van der Waals surface area contributed by atoms with E-state index in [-0.39, 0.29) is 0 Å². The summed E-state index contributed by atoms with van der Waals surface area (Å²) in [5, 5.41) is 11.5. The van der Waals surface area contributed by atoms with Crippen LogP contribution in [0.1, 0.15) is 23.7 Å². The van der Waals surface area contributed by atoms with E-state index in [0.717, 1.165) is 23.4 Å². The maximum absolute atomic E-state index is 8.30. The molecule has 27 heavy (non-hydrogen) atoms. The number of nitrogens with two attached hydrogens (primary N) is 1. The summed E-state index contributed by atoms with van der Waals surface area (Å²) in [6, 6.07) is 11.5. The van der Waals surface area contributed by atoms with Crippen LogP contribution in [0.2, 0.25) is 0 Å². The van der Waals surface area contributed by atoms with Crippen molar-refractivity contribution in [2.45, 2.75) is 6.92 Å². The molecule has 1 heterocycles. The standard InChI is InChI=1S/C23H26N4/c1-3-4-5-6-9-19(17-26-2)18-11-13-21(23(25)16-18)22(24)14-12-20-10-7-8-15-27-20/h3-16,24,26H,17,25H2,1-2H3/b4-3+,6-5-,14-12+,19-9-,24-22?. The first-order valence-corrected chi connectivity index (χ1v) is 8.86. The van der Waals surface area contributed by atoms with Crippen molar-refractivity contribution in [2.75, 3.05) is 19.3 Å². The first-order valence-electron chi connectivity index (χ1n) is 8.86. The van der Waals surface area contributed by atoms with E-state index in [1.165, 1.54) is 0 Å². The average Bonchev–Trinajstić information content (AvgIpc) is 2.69. The summed E-state index contributed by atoms with van der Waals surface area (Å²) in [5.74, 6) is 0. The van der Waals surface area contributed by atoms with E-state index in [1.54, 1.807) is 12.3 Å². The second-order valence-electron chi connectivity index (χ2n) is 5.94. The molecule has 4 heteroatoms. The third-order valence-electron chi connectivity index (χ3n) is 3.90. The van der Waals surface area contributed by atoms with Gasteiger partial charge in [-0.25, -0.2) is 0 Å². The number of likely N-dealkylation sites (N-methyl/N-ethyl adjacent to an activating group) is 1. The number of allylic oxidation sites excluding steroid dienone is 6. The van der Waals surface area contributed by atoms with Gasteiger partial charge in [-0.3, -0.25) is 4.98 Å². The van der Waals surface area contributed by atoms with Crippen molar-refractivity contribution in [3.05, 3.63) is 95.9 Å². The van der Waals surface area contributed by atoms with Crippen molar-refractivity contribution >= 4 is 23.0 Å². The number of anilines is 1. The van der Waals surface area contributed by atoms with Gasteiger partial charge in [0.15, 0.2) is 0 Å². The molecular weight excluding hydrogens is 332 g/mol. The summed E-state index contributed by atoms with van der Waals surface area (Å²) in [5.41, 5.74) is 10.9. The van der Waals surface area contributed by atoms with E-state index >= 15 is 0 Å². The molecule has 0 unspecified atom stereocenters. The molecule has 0 spiro atoms. The number of nitrogens with one attached hydrogen (secondary N) is 2. The van der Waals surface area contributed by atoms with Gasteiger partial charge in [0.1, 0.15) is 0 Å². The molecule has 0 aliphatic heterocycles. The van der Waals surface area contributed by atoms with Gasteiger partial charge in [-0.2, -0.15) is 0 Å². The van der Waals surface area contributed by atoms with Crippen molar-refractivity contribution in [1.82, 2.24) is 10.3 Å². The largest absolute Gasteiger partial charge is 0.398 e. The van der Waals surface area contributed by atoms with Gasteiger partial charge in [0, 0.05) is 24.0 Å². The number of benzene rings is 1. The second-order valence-corrected chi connectivity index (χ2v) is 5.94. The van der Waals surface area contributed by atoms with Crippen LogP contribution in [0.3, 0.4) is 0 Å². The Morgan fingerprint density at radius 1 is 1.19 bits per heavy atom. The SMILES string of the molecule is C/C=C/C=C\C=C(\CNC)c1ccc(C(=N)/C=C/c2ccccn2)c(N)c1. The molecule has 1 aromatic heterocycles. The highest BCUT2D eigenvalue weighted by atomic mass is 14.8. The fraction of sp³-hybridized carbons (Fsp3) is 0.130. The van der Waals surface area contributed by atoms with E-state index in [2.05, 4.69) is 16.4 Å². The molecule has 138 valence electrons. The van der Waals surface area contributed by atoms with Gasteiger partial charge in [0.25, 0.3) is 0 Å². The monoisotopic (exact) mass is 358 g/mol. The van der Waals surface area contributed by atoms with Crippen LogP contribution < -0.4 is 11.1 Å².